The summed E-state index contributed by atoms with van der Waals surface area (Å²) >= 11 is 0. The highest BCUT2D eigenvalue weighted by Crippen LogP contribution is 2.21. The highest BCUT2D eigenvalue weighted by Gasteiger charge is 2.29. The van der Waals surface area contributed by atoms with E-state index in [1.165, 1.54) is 0 Å². The maximum atomic E-state index is 13.0. The number of carbonyl (C=O) groups excluding carboxylic acids is 1. The summed E-state index contributed by atoms with van der Waals surface area (Å²) in [5.74, 6) is -0.810. The summed E-state index contributed by atoms with van der Waals surface area (Å²) < 4.78 is 1.80. The first-order valence-electron chi connectivity index (χ1n) is 9.77. The molecule has 0 atom stereocenters. The highest BCUT2D eigenvalue weighted by molar-refractivity contribution is 5.95. The average molecular weight is 384 g/mol. The summed E-state index contributed by atoms with van der Waals surface area (Å²) in [6, 6.07) is 8.24. The van der Waals surface area contributed by atoms with Crippen LogP contribution in [0.5, 0.6) is 0 Å². The molecule has 1 aromatic carbocycles. The van der Waals surface area contributed by atoms with Gasteiger partial charge in [0, 0.05) is 19.1 Å². The van der Waals surface area contributed by atoms with Gasteiger partial charge in [0.1, 0.15) is 0 Å². The fraction of sp³-hybridized carbons (Fsp3) is 0.476. The number of amides is 1. The lowest BCUT2D eigenvalue weighted by Crippen LogP contribution is -2.48. The van der Waals surface area contributed by atoms with E-state index < -0.39 is 5.97 Å². The van der Waals surface area contributed by atoms with Crippen LogP contribution >= 0.6 is 0 Å². The van der Waals surface area contributed by atoms with Crippen LogP contribution in [0, 0.1) is 13.8 Å². The number of aliphatic carboxylic acids is 1. The Morgan fingerprint density at radius 2 is 1.96 bits per heavy atom. The first kappa shape index (κ1) is 20.1. The normalized spacial score (nSPS) is 15.2. The zero-order valence-electron chi connectivity index (χ0n) is 16.8. The van der Waals surface area contributed by atoms with Gasteiger partial charge in [-0.1, -0.05) is 19.1 Å². The maximum Gasteiger partial charge on any atom is 0.317 e. The number of rotatable bonds is 6. The highest BCUT2D eigenvalue weighted by atomic mass is 16.4. The van der Waals surface area contributed by atoms with Gasteiger partial charge in [-0.2, -0.15) is 5.10 Å². The average Bonchev–Trinajstić information content (AvgIpc) is 3.07. The summed E-state index contributed by atoms with van der Waals surface area (Å²) in [6.07, 6.45) is 3.23. The Balaban J connectivity index is 1.68. The molecule has 1 aliphatic heterocycles. The van der Waals surface area contributed by atoms with E-state index in [9.17, 15) is 9.59 Å². The summed E-state index contributed by atoms with van der Waals surface area (Å²) in [7, 11) is 0. The molecule has 2 heterocycles. The number of benzene rings is 1. The van der Waals surface area contributed by atoms with Crippen molar-refractivity contribution in [2.24, 2.45) is 0 Å². The Morgan fingerprint density at radius 3 is 2.57 bits per heavy atom. The molecule has 1 N–H and O–H groups in total. The number of aryl methyl sites for hydroxylation is 1. The molecule has 2 aromatic rings. The summed E-state index contributed by atoms with van der Waals surface area (Å²) in [5.41, 5.74) is 3.54. The van der Waals surface area contributed by atoms with Gasteiger partial charge in [0.15, 0.2) is 0 Å². The van der Waals surface area contributed by atoms with Crippen LogP contribution in [0.15, 0.2) is 30.5 Å². The molecule has 7 heteroatoms. The lowest BCUT2D eigenvalue weighted by atomic mass is 10.0. The molecule has 0 radical (unpaired) electrons. The van der Waals surface area contributed by atoms with Crippen molar-refractivity contribution < 1.29 is 14.7 Å². The minimum absolute atomic E-state index is 0.00358. The molecule has 7 nitrogen and oxygen atoms in total. The standard InChI is InChI=1S/C21H28N4O3/c1-4-23(14-20(26)27)17-8-10-24(11-9-17)21(28)19-13-22-25(16(19)3)18-7-5-6-15(2)12-18/h5-7,12-13,17H,4,8-11,14H2,1-3H3,(H,26,27). The molecule has 1 amide bonds. The van der Waals surface area contributed by atoms with Gasteiger partial charge in [0.05, 0.1) is 29.7 Å². The third-order valence-electron chi connectivity index (χ3n) is 5.50. The zero-order chi connectivity index (χ0) is 20.3. The second-order valence-electron chi connectivity index (χ2n) is 7.37. The van der Waals surface area contributed by atoms with Crippen molar-refractivity contribution in [1.82, 2.24) is 19.6 Å². The minimum Gasteiger partial charge on any atom is -0.480 e. The van der Waals surface area contributed by atoms with E-state index in [0.717, 1.165) is 29.8 Å². The SMILES string of the molecule is CCN(CC(=O)O)C1CCN(C(=O)c2cnn(-c3cccc(C)c3)c2C)CC1. The van der Waals surface area contributed by atoms with E-state index >= 15 is 0 Å². The molecule has 150 valence electrons. The van der Waals surface area contributed by atoms with E-state index in [0.29, 0.717) is 25.2 Å². The van der Waals surface area contributed by atoms with Gasteiger partial charge < -0.3 is 10.0 Å². The lowest BCUT2D eigenvalue weighted by molar-refractivity contribution is -0.139. The summed E-state index contributed by atoms with van der Waals surface area (Å²) in [4.78, 5) is 27.9. The number of nitrogens with zero attached hydrogens (tertiary/aromatic N) is 4. The van der Waals surface area contributed by atoms with Crippen LogP contribution < -0.4 is 0 Å². The fourth-order valence-electron chi connectivity index (χ4n) is 3.92. The van der Waals surface area contributed by atoms with Crippen molar-refractivity contribution >= 4 is 11.9 Å². The minimum atomic E-state index is -0.806. The van der Waals surface area contributed by atoms with Crippen LogP contribution in [0.1, 0.15) is 41.4 Å². The van der Waals surface area contributed by atoms with Crippen LogP contribution in [0.25, 0.3) is 5.69 Å². The van der Waals surface area contributed by atoms with E-state index in [1.807, 2.05) is 54.8 Å². The number of likely N-dealkylation sites (N-methyl/N-ethyl adjacent to an activating group) is 1. The quantitative estimate of drug-likeness (QED) is 0.828. The molecule has 3 rings (SSSR count). The molecular weight excluding hydrogens is 356 g/mol. The van der Waals surface area contributed by atoms with E-state index in [4.69, 9.17) is 5.11 Å². The van der Waals surface area contributed by atoms with Gasteiger partial charge in [-0.3, -0.25) is 14.5 Å². The molecule has 1 fully saturated rings. The van der Waals surface area contributed by atoms with Crippen molar-refractivity contribution in [3.63, 3.8) is 0 Å². The molecule has 0 saturated carbocycles. The monoisotopic (exact) mass is 384 g/mol. The fourth-order valence-corrected chi connectivity index (χ4v) is 3.92. The number of carboxylic acids is 1. The first-order chi connectivity index (χ1) is 13.4. The second-order valence-corrected chi connectivity index (χ2v) is 7.37. The molecule has 1 saturated heterocycles. The van der Waals surface area contributed by atoms with Crippen LogP contribution in [-0.2, 0) is 4.79 Å². The Labute approximate surface area is 165 Å². The summed E-state index contributed by atoms with van der Waals surface area (Å²) in [5, 5.41) is 13.5. The van der Waals surface area contributed by atoms with Crippen LogP contribution in [0.2, 0.25) is 0 Å². The maximum absolute atomic E-state index is 13.0. The number of aromatic nitrogens is 2. The van der Waals surface area contributed by atoms with Crippen LogP contribution in [-0.4, -0.2) is 68.8 Å². The molecule has 28 heavy (non-hydrogen) atoms. The smallest absolute Gasteiger partial charge is 0.317 e. The third kappa shape index (κ3) is 4.25. The number of carboxylic acid groups (broad SMARTS) is 1. The number of hydrogen-bond donors (Lipinski definition) is 1. The van der Waals surface area contributed by atoms with Crippen molar-refractivity contribution in [3.8, 4) is 5.69 Å². The molecule has 0 spiro atoms. The van der Waals surface area contributed by atoms with Gasteiger partial charge in [-0.15, -0.1) is 0 Å². The van der Waals surface area contributed by atoms with E-state index in [2.05, 4.69) is 5.10 Å². The van der Waals surface area contributed by atoms with Gasteiger partial charge in [0.25, 0.3) is 5.91 Å². The molecule has 0 unspecified atom stereocenters. The molecule has 1 aromatic heterocycles. The van der Waals surface area contributed by atoms with Crippen molar-refractivity contribution in [2.45, 2.75) is 39.7 Å². The Kier molecular flexibility index (Phi) is 6.14. The van der Waals surface area contributed by atoms with E-state index in [-0.39, 0.29) is 18.5 Å². The largest absolute Gasteiger partial charge is 0.480 e. The second kappa shape index (κ2) is 8.56. The van der Waals surface area contributed by atoms with Gasteiger partial charge in [0.2, 0.25) is 0 Å². The Hall–Kier alpha value is -2.67. The topological polar surface area (TPSA) is 78.7 Å². The lowest BCUT2D eigenvalue weighted by Gasteiger charge is -2.37. The predicted octanol–water partition coefficient (Wildman–Crippen LogP) is 2.50. The number of hydrogen-bond acceptors (Lipinski definition) is 4. The molecule has 0 bridgehead atoms. The van der Waals surface area contributed by atoms with Gasteiger partial charge in [-0.05, 0) is 50.9 Å². The third-order valence-corrected chi connectivity index (χ3v) is 5.50. The zero-order valence-corrected chi connectivity index (χ0v) is 16.8. The predicted molar refractivity (Wildman–Crippen MR) is 107 cm³/mol. The summed E-state index contributed by atoms with van der Waals surface area (Å²) in [6.45, 7) is 7.95. The van der Waals surface area contributed by atoms with Gasteiger partial charge in [-0.25, -0.2) is 4.68 Å². The molecular formula is C21H28N4O3. The number of likely N-dealkylation sites (tertiary alicyclic amines) is 1. The van der Waals surface area contributed by atoms with Crippen LogP contribution in [0.4, 0.5) is 0 Å². The van der Waals surface area contributed by atoms with Crippen molar-refractivity contribution in [3.05, 3.63) is 47.3 Å². The van der Waals surface area contributed by atoms with Crippen LogP contribution in [0.3, 0.4) is 0 Å². The Bertz CT molecular complexity index is 853. The number of carbonyl (C=O) groups is 2. The van der Waals surface area contributed by atoms with Gasteiger partial charge >= 0.3 is 5.97 Å². The van der Waals surface area contributed by atoms with Crippen molar-refractivity contribution in [2.75, 3.05) is 26.2 Å². The molecule has 0 aliphatic carbocycles. The molecule has 1 aliphatic rings. The van der Waals surface area contributed by atoms with E-state index in [1.54, 1.807) is 10.9 Å². The first-order valence-corrected chi connectivity index (χ1v) is 9.77. The van der Waals surface area contributed by atoms with Crippen molar-refractivity contribution in [1.29, 1.82) is 0 Å². The Morgan fingerprint density at radius 1 is 1.25 bits per heavy atom. The number of piperidine rings is 1.